The fraction of sp³-hybridized carbons (Fsp3) is 0.250. The van der Waals surface area contributed by atoms with Gasteiger partial charge in [-0.1, -0.05) is 0 Å². The van der Waals surface area contributed by atoms with Crippen molar-refractivity contribution in [2.75, 3.05) is 36.0 Å². The Morgan fingerprint density at radius 1 is 0.875 bits per heavy atom. The molecule has 0 aromatic heterocycles. The minimum Gasteiger partial charge on any atom is -0.368 e. The Balaban J connectivity index is 1.75. The molecule has 1 fully saturated rings. The Hall–Kier alpha value is -2.77. The van der Waals surface area contributed by atoms with Crippen LogP contribution in [-0.2, 0) is 0 Å². The van der Waals surface area contributed by atoms with E-state index in [0.717, 1.165) is 17.8 Å². The van der Waals surface area contributed by atoms with Crippen LogP contribution in [0.5, 0.6) is 0 Å². The van der Waals surface area contributed by atoms with Crippen LogP contribution in [0.4, 0.5) is 30.2 Å². The molecule has 0 bridgehead atoms. The number of nitrogens with zero attached hydrogens (tertiary/aromatic N) is 3. The summed E-state index contributed by atoms with van der Waals surface area (Å²) in [5.74, 6) is -2.22. The number of hydrogen-bond acceptors (Lipinski definition) is 4. The average Bonchev–Trinajstić information content (AvgIpc) is 2.55. The molecule has 0 saturated carbocycles. The maximum atomic E-state index is 14.1. The van der Waals surface area contributed by atoms with Crippen molar-refractivity contribution in [2.24, 2.45) is 0 Å². The van der Waals surface area contributed by atoms with Crippen LogP contribution in [0.15, 0.2) is 36.4 Å². The first-order valence-electron chi connectivity index (χ1n) is 7.34. The second-order valence-electron chi connectivity index (χ2n) is 5.47. The lowest BCUT2D eigenvalue weighted by Gasteiger charge is -2.37. The maximum absolute atomic E-state index is 14.1. The number of benzene rings is 2. The zero-order chi connectivity index (χ0) is 17.3. The van der Waals surface area contributed by atoms with Gasteiger partial charge in [0, 0.05) is 31.9 Å². The second-order valence-corrected chi connectivity index (χ2v) is 5.47. The van der Waals surface area contributed by atoms with Crippen LogP contribution in [0.1, 0.15) is 0 Å². The van der Waals surface area contributed by atoms with Crippen molar-refractivity contribution in [3.8, 4) is 0 Å². The van der Waals surface area contributed by atoms with Crippen molar-refractivity contribution >= 4 is 17.1 Å². The van der Waals surface area contributed by atoms with Gasteiger partial charge in [0.15, 0.2) is 11.6 Å². The lowest BCUT2D eigenvalue weighted by molar-refractivity contribution is -0.385. The van der Waals surface area contributed by atoms with Gasteiger partial charge in [-0.2, -0.15) is 0 Å². The number of anilines is 2. The number of non-ortho nitro benzene ring substituents is 1. The predicted octanol–water partition coefficient (Wildman–Crippen LogP) is 3.34. The van der Waals surface area contributed by atoms with Gasteiger partial charge in [-0.25, -0.2) is 13.2 Å². The van der Waals surface area contributed by atoms with Gasteiger partial charge in [-0.15, -0.1) is 0 Å². The van der Waals surface area contributed by atoms with E-state index in [1.165, 1.54) is 17.0 Å². The van der Waals surface area contributed by atoms with Crippen molar-refractivity contribution in [1.82, 2.24) is 0 Å². The van der Waals surface area contributed by atoms with Gasteiger partial charge < -0.3 is 9.80 Å². The minimum atomic E-state index is -0.947. The molecule has 1 heterocycles. The topological polar surface area (TPSA) is 49.6 Å². The van der Waals surface area contributed by atoms with E-state index in [0.29, 0.717) is 26.2 Å². The molecule has 1 aliphatic rings. The van der Waals surface area contributed by atoms with Crippen molar-refractivity contribution in [3.05, 3.63) is 64.0 Å². The molecule has 0 unspecified atom stereocenters. The molecule has 0 aliphatic carbocycles. The molecule has 0 atom stereocenters. The highest BCUT2D eigenvalue weighted by atomic mass is 19.1. The van der Waals surface area contributed by atoms with Crippen LogP contribution in [0.25, 0.3) is 0 Å². The Kier molecular flexibility index (Phi) is 4.28. The van der Waals surface area contributed by atoms with E-state index in [4.69, 9.17) is 0 Å². The SMILES string of the molecule is O=[N+]([O-])c1cc(F)c(N2CCN(c3ccc(F)cc3)CC2)c(F)c1. The highest BCUT2D eigenvalue weighted by Gasteiger charge is 2.25. The highest BCUT2D eigenvalue weighted by Crippen LogP contribution is 2.29. The molecule has 1 saturated heterocycles. The highest BCUT2D eigenvalue weighted by molar-refractivity contribution is 5.56. The number of hydrogen-bond donors (Lipinski definition) is 0. The van der Waals surface area contributed by atoms with E-state index in [9.17, 15) is 23.3 Å². The summed E-state index contributed by atoms with van der Waals surface area (Å²) in [4.78, 5) is 13.3. The average molecular weight is 337 g/mol. The second kappa shape index (κ2) is 6.38. The third kappa shape index (κ3) is 3.12. The zero-order valence-corrected chi connectivity index (χ0v) is 12.6. The molecule has 0 radical (unpaired) electrons. The van der Waals surface area contributed by atoms with Crippen molar-refractivity contribution < 1.29 is 18.1 Å². The van der Waals surface area contributed by atoms with Crippen LogP contribution in [0.3, 0.4) is 0 Å². The van der Waals surface area contributed by atoms with Crippen molar-refractivity contribution in [1.29, 1.82) is 0 Å². The summed E-state index contributed by atoms with van der Waals surface area (Å²) in [6.07, 6.45) is 0. The number of halogens is 3. The molecule has 3 rings (SSSR count). The molecule has 1 aliphatic heterocycles. The summed E-state index contributed by atoms with van der Waals surface area (Å²) in [7, 11) is 0. The Morgan fingerprint density at radius 2 is 1.38 bits per heavy atom. The predicted molar refractivity (Wildman–Crippen MR) is 83.8 cm³/mol. The first-order chi connectivity index (χ1) is 11.5. The smallest absolute Gasteiger partial charge is 0.275 e. The van der Waals surface area contributed by atoms with E-state index < -0.39 is 22.2 Å². The van der Waals surface area contributed by atoms with Gasteiger partial charge >= 0.3 is 0 Å². The monoisotopic (exact) mass is 337 g/mol. The summed E-state index contributed by atoms with van der Waals surface area (Å²) in [6.45, 7) is 1.70. The van der Waals surface area contributed by atoms with Gasteiger partial charge in [0.2, 0.25) is 0 Å². The molecule has 24 heavy (non-hydrogen) atoms. The first kappa shape index (κ1) is 16.1. The molecule has 126 valence electrons. The lowest BCUT2D eigenvalue weighted by atomic mass is 10.2. The van der Waals surface area contributed by atoms with Gasteiger partial charge in [-0.05, 0) is 24.3 Å². The van der Waals surface area contributed by atoms with Gasteiger partial charge in [-0.3, -0.25) is 10.1 Å². The van der Waals surface area contributed by atoms with Crippen molar-refractivity contribution in [3.63, 3.8) is 0 Å². The maximum Gasteiger partial charge on any atom is 0.275 e. The Bertz CT molecular complexity index is 737. The molecule has 8 heteroatoms. The molecule has 0 amide bonds. The third-order valence-electron chi connectivity index (χ3n) is 4.00. The van der Waals surface area contributed by atoms with Gasteiger partial charge in [0.1, 0.15) is 11.5 Å². The van der Waals surface area contributed by atoms with E-state index in [1.807, 2.05) is 4.90 Å². The van der Waals surface area contributed by atoms with E-state index in [-0.39, 0.29) is 11.5 Å². The zero-order valence-electron chi connectivity index (χ0n) is 12.6. The number of nitro benzene ring substituents is 1. The quantitative estimate of drug-likeness (QED) is 0.637. The van der Waals surface area contributed by atoms with Gasteiger partial charge in [0.05, 0.1) is 17.1 Å². The summed E-state index contributed by atoms with van der Waals surface area (Å²) in [5, 5.41) is 10.6. The Labute approximate surface area is 136 Å². The van der Waals surface area contributed by atoms with Crippen LogP contribution < -0.4 is 9.80 Å². The van der Waals surface area contributed by atoms with Crippen LogP contribution in [-0.4, -0.2) is 31.1 Å². The third-order valence-corrected chi connectivity index (χ3v) is 4.00. The lowest BCUT2D eigenvalue weighted by Crippen LogP contribution is -2.47. The van der Waals surface area contributed by atoms with E-state index in [2.05, 4.69) is 0 Å². The van der Waals surface area contributed by atoms with Crippen LogP contribution in [0.2, 0.25) is 0 Å². The van der Waals surface area contributed by atoms with Gasteiger partial charge in [0.25, 0.3) is 5.69 Å². The molecule has 5 nitrogen and oxygen atoms in total. The molecule has 0 spiro atoms. The molecule has 0 N–H and O–H groups in total. The van der Waals surface area contributed by atoms with Crippen LogP contribution >= 0.6 is 0 Å². The Morgan fingerprint density at radius 3 is 1.88 bits per heavy atom. The van der Waals surface area contributed by atoms with Crippen molar-refractivity contribution in [2.45, 2.75) is 0 Å². The number of nitro groups is 1. The standard InChI is InChI=1S/C16H14F3N3O2/c17-11-1-3-12(4-2-11)20-5-7-21(8-6-20)16-14(18)9-13(22(23)24)10-15(16)19/h1-4,9-10H,5-8H2. The number of piperazine rings is 1. The number of rotatable bonds is 3. The normalized spacial score (nSPS) is 14.8. The molecular formula is C16H14F3N3O2. The molecule has 2 aromatic carbocycles. The summed E-state index contributed by atoms with van der Waals surface area (Å²) in [6, 6.07) is 7.47. The summed E-state index contributed by atoms with van der Waals surface area (Å²) < 4.78 is 41.1. The first-order valence-corrected chi connectivity index (χ1v) is 7.34. The van der Waals surface area contributed by atoms with Crippen LogP contribution in [0, 0.1) is 27.6 Å². The largest absolute Gasteiger partial charge is 0.368 e. The molecule has 2 aromatic rings. The fourth-order valence-corrected chi connectivity index (χ4v) is 2.80. The van der Waals surface area contributed by atoms with E-state index >= 15 is 0 Å². The summed E-state index contributed by atoms with van der Waals surface area (Å²) >= 11 is 0. The summed E-state index contributed by atoms with van der Waals surface area (Å²) in [5.41, 5.74) is -0.0289. The fourth-order valence-electron chi connectivity index (χ4n) is 2.80. The van der Waals surface area contributed by atoms with E-state index in [1.54, 1.807) is 12.1 Å². The minimum absolute atomic E-state index is 0.251. The molecular weight excluding hydrogens is 323 g/mol.